The monoisotopic (exact) mass is 348 g/mol. The van der Waals surface area contributed by atoms with Gasteiger partial charge in [-0.2, -0.15) is 18.3 Å². The van der Waals surface area contributed by atoms with Crippen LogP contribution in [0.25, 0.3) is 16.8 Å². The lowest BCUT2D eigenvalue weighted by Gasteiger charge is -2.06. The molecule has 0 saturated carbocycles. The van der Waals surface area contributed by atoms with Gasteiger partial charge in [0.05, 0.1) is 16.2 Å². The van der Waals surface area contributed by atoms with Crippen molar-refractivity contribution >= 4 is 11.5 Å². The molecular formula is C16H11F3N4O2. The minimum atomic E-state index is -4.70. The van der Waals surface area contributed by atoms with Gasteiger partial charge in [-0.1, -0.05) is 30.3 Å². The van der Waals surface area contributed by atoms with Crippen molar-refractivity contribution in [2.45, 2.75) is 6.18 Å². The molecule has 6 nitrogen and oxygen atoms in total. The minimum absolute atomic E-state index is 0.186. The standard InChI is InChI=1S/C16H11F3N4O2/c17-16(18,19)14-13(10-4-2-1-3-5-10)15(20)22(21-14)11-6-8-12(9-7-11)23(24)25/h1-9H,20H2. The second kappa shape index (κ2) is 5.93. The van der Waals surface area contributed by atoms with Gasteiger partial charge in [-0.15, -0.1) is 0 Å². The van der Waals surface area contributed by atoms with Gasteiger partial charge in [0.15, 0.2) is 5.69 Å². The highest BCUT2D eigenvalue weighted by Gasteiger charge is 2.39. The molecule has 128 valence electrons. The van der Waals surface area contributed by atoms with Crippen LogP contribution in [0.5, 0.6) is 0 Å². The van der Waals surface area contributed by atoms with Crippen LogP contribution in [0.15, 0.2) is 54.6 Å². The summed E-state index contributed by atoms with van der Waals surface area (Å²) in [5.41, 5.74) is 4.87. The molecule has 25 heavy (non-hydrogen) atoms. The highest BCUT2D eigenvalue weighted by Crippen LogP contribution is 2.40. The van der Waals surface area contributed by atoms with Gasteiger partial charge < -0.3 is 5.73 Å². The number of anilines is 1. The molecule has 0 saturated heterocycles. The van der Waals surface area contributed by atoms with Crippen LogP contribution >= 0.6 is 0 Å². The number of benzene rings is 2. The van der Waals surface area contributed by atoms with Crippen LogP contribution in [0.3, 0.4) is 0 Å². The van der Waals surface area contributed by atoms with Crippen molar-refractivity contribution in [2.24, 2.45) is 0 Å². The van der Waals surface area contributed by atoms with E-state index in [4.69, 9.17) is 5.73 Å². The Morgan fingerprint density at radius 1 is 1.04 bits per heavy atom. The molecule has 1 aromatic heterocycles. The molecule has 0 fully saturated rings. The summed E-state index contributed by atoms with van der Waals surface area (Å²) in [6.45, 7) is 0. The summed E-state index contributed by atoms with van der Waals surface area (Å²) in [6, 6.07) is 12.8. The summed E-state index contributed by atoms with van der Waals surface area (Å²) in [6.07, 6.45) is -4.70. The summed E-state index contributed by atoms with van der Waals surface area (Å²) in [5, 5.41) is 14.3. The number of nitrogen functional groups attached to an aromatic ring is 1. The summed E-state index contributed by atoms with van der Waals surface area (Å²) >= 11 is 0. The maximum atomic E-state index is 13.4. The summed E-state index contributed by atoms with van der Waals surface area (Å²) in [7, 11) is 0. The molecular weight excluding hydrogens is 337 g/mol. The van der Waals surface area contributed by atoms with Gasteiger partial charge >= 0.3 is 6.18 Å². The Morgan fingerprint density at radius 3 is 2.16 bits per heavy atom. The fourth-order valence-electron chi connectivity index (χ4n) is 2.43. The maximum Gasteiger partial charge on any atom is 0.435 e. The number of nitrogens with two attached hydrogens (primary N) is 1. The molecule has 0 amide bonds. The lowest BCUT2D eigenvalue weighted by atomic mass is 10.1. The number of halogens is 3. The molecule has 0 radical (unpaired) electrons. The second-order valence-corrected chi connectivity index (χ2v) is 5.16. The average Bonchev–Trinajstić information content (AvgIpc) is 2.93. The smallest absolute Gasteiger partial charge is 0.383 e. The third-order valence-corrected chi connectivity index (χ3v) is 3.56. The molecule has 9 heteroatoms. The number of hydrogen-bond donors (Lipinski definition) is 1. The number of non-ortho nitro benzene ring substituents is 1. The Hall–Kier alpha value is -3.36. The van der Waals surface area contributed by atoms with Crippen molar-refractivity contribution in [2.75, 3.05) is 5.73 Å². The number of rotatable bonds is 3. The third kappa shape index (κ3) is 3.03. The summed E-state index contributed by atoms with van der Waals surface area (Å²) in [5.74, 6) is -0.202. The first kappa shape index (κ1) is 16.5. The zero-order valence-electron chi connectivity index (χ0n) is 12.6. The molecule has 0 unspecified atom stereocenters. The van der Waals surface area contributed by atoms with Crippen LogP contribution in [0.2, 0.25) is 0 Å². The van der Waals surface area contributed by atoms with Gasteiger partial charge in [0, 0.05) is 12.1 Å². The summed E-state index contributed by atoms with van der Waals surface area (Å²) < 4.78 is 41.1. The average molecular weight is 348 g/mol. The van der Waals surface area contributed by atoms with E-state index in [1.54, 1.807) is 18.2 Å². The number of aromatic nitrogens is 2. The van der Waals surface area contributed by atoms with Gasteiger partial charge in [-0.05, 0) is 17.7 Å². The first-order valence-corrected chi connectivity index (χ1v) is 7.05. The number of alkyl halides is 3. The molecule has 1 heterocycles. The van der Waals surface area contributed by atoms with E-state index < -0.39 is 16.8 Å². The zero-order valence-corrected chi connectivity index (χ0v) is 12.6. The second-order valence-electron chi connectivity index (χ2n) is 5.16. The highest BCUT2D eigenvalue weighted by atomic mass is 19.4. The zero-order chi connectivity index (χ0) is 18.2. The molecule has 0 atom stereocenters. The van der Waals surface area contributed by atoms with E-state index in [0.29, 0.717) is 0 Å². The van der Waals surface area contributed by atoms with Gasteiger partial charge in [-0.25, -0.2) is 4.68 Å². The van der Waals surface area contributed by atoms with Gasteiger partial charge in [0.1, 0.15) is 5.82 Å². The largest absolute Gasteiger partial charge is 0.435 e. The fraction of sp³-hybridized carbons (Fsp3) is 0.0625. The van der Waals surface area contributed by atoms with E-state index >= 15 is 0 Å². The van der Waals surface area contributed by atoms with Crippen molar-refractivity contribution in [3.05, 3.63) is 70.4 Å². The van der Waals surface area contributed by atoms with E-state index in [9.17, 15) is 23.3 Å². The van der Waals surface area contributed by atoms with Gasteiger partial charge in [0.25, 0.3) is 5.69 Å². The Balaban J connectivity index is 2.19. The van der Waals surface area contributed by atoms with Crippen LogP contribution in [0.4, 0.5) is 24.7 Å². The molecule has 0 aliphatic carbocycles. The van der Waals surface area contributed by atoms with E-state index in [1.165, 1.54) is 36.4 Å². The van der Waals surface area contributed by atoms with Crippen LogP contribution in [0.1, 0.15) is 5.69 Å². The molecule has 2 N–H and O–H groups in total. The highest BCUT2D eigenvalue weighted by molar-refractivity contribution is 5.78. The van der Waals surface area contributed by atoms with E-state index in [1.807, 2.05) is 0 Å². The van der Waals surface area contributed by atoms with Gasteiger partial charge in [0.2, 0.25) is 0 Å². The van der Waals surface area contributed by atoms with Crippen LogP contribution < -0.4 is 5.73 Å². The maximum absolute atomic E-state index is 13.4. The number of nitro benzene ring substituents is 1. The first-order valence-electron chi connectivity index (χ1n) is 7.05. The number of hydrogen-bond acceptors (Lipinski definition) is 4. The molecule has 0 spiro atoms. The molecule has 3 rings (SSSR count). The van der Waals surface area contributed by atoms with Crippen molar-refractivity contribution in [3.63, 3.8) is 0 Å². The van der Waals surface area contributed by atoms with E-state index in [2.05, 4.69) is 5.10 Å². The lowest BCUT2D eigenvalue weighted by molar-refractivity contribution is -0.384. The van der Waals surface area contributed by atoms with Crippen molar-refractivity contribution < 1.29 is 18.1 Å². The molecule has 2 aromatic carbocycles. The predicted molar refractivity (Wildman–Crippen MR) is 85.1 cm³/mol. The topological polar surface area (TPSA) is 87.0 Å². The minimum Gasteiger partial charge on any atom is -0.383 e. The SMILES string of the molecule is Nc1c(-c2ccccc2)c(C(F)(F)F)nn1-c1ccc([N+](=O)[O-])cc1. The lowest BCUT2D eigenvalue weighted by Crippen LogP contribution is -2.08. The Bertz CT molecular complexity index is 919. The van der Waals surface area contributed by atoms with Gasteiger partial charge in [-0.3, -0.25) is 10.1 Å². The predicted octanol–water partition coefficient (Wildman–Crippen LogP) is 4.05. The molecule has 3 aromatic rings. The van der Waals surface area contributed by atoms with Crippen molar-refractivity contribution in [1.29, 1.82) is 0 Å². The normalized spacial score (nSPS) is 11.5. The third-order valence-electron chi connectivity index (χ3n) is 3.56. The number of nitro groups is 1. The number of nitrogens with zero attached hydrogens (tertiary/aromatic N) is 3. The van der Waals surface area contributed by atoms with Crippen LogP contribution in [0, 0.1) is 10.1 Å². The Morgan fingerprint density at radius 2 is 1.64 bits per heavy atom. The van der Waals surface area contributed by atoms with Crippen LogP contribution in [-0.2, 0) is 6.18 Å². The Kier molecular flexibility index (Phi) is 3.91. The fourth-order valence-corrected chi connectivity index (χ4v) is 2.43. The molecule has 0 aliphatic heterocycles. The first-order chi connectivity index (χ1) is 11.8. The van der Waals surface area contributed by atoms with Crippen LogP contribution in [-0.4, -0.2) is 14.7 Å². The van der Waals surface area contributed by atoms with Crippen molar-refractivity contribution in [1.82, 2.24) is 9.78 Å². The summed E-state index contributed by atoms with van der Waals surface area (Å²) in [4.78, 5) is 10.1. The molecule has 0 bridgehead atoms. The Labute approximate surface area is 139 Å². The van der Waals surface area contributed by atoms with E-state index in [0.717, 1.165) is 4.68 Å². The quantitative estimate of drug-likeness (QED) is 0.571. The van der Waals surface area contributed by atoms with E-state index in [-0.39, 0.29) is 28.3 Å². The molecule has 0 aliphatic rings. The van der Waals surface area contributed by atoms with Crippen molar-refractivity contribution in [3.8, 4) is 16.8 Å².